The molecule has 1 atom stereocenters. The Morgan fingerprint density at radius 3 is 2.68 bits per heavy atom. The van der Waals surface area contributed by atoms with Crippen molar-refractivity contribution in [3.8, 4) is 0 Å². The Labute approximate surface area is 132 Å². The van der Waals surface area contributed by atoms with Crippen molar-refractivity contribution in [3.63, 3.8) is 0 Å². The van der Waals surface area contributed by atoms with Crippen LogP contribution in [0.15, 0.2) is 5.16 Å². The molecule has 6 heteroatoms. The van der Waals surface area contributed by atoms with Crippen LogP contribution in [0.1, 0.15) is 45.4 Å². The van der Waals surface area contributed by atoms with E-state index in [4.69, 9.17) is 9.57 Å². The highest BCUT2D eigenvalue weighted by atomic mass is 16.6. The standard InChI is InChI=1S/C16H27N3O3/c1-13-11-14(22-18-13)15(20)17-12-16(5-3-2-4-6-16)19-7-9-21-10-8-19/h14H,2-12H2,1H3,(H,17,20)/t14-/m1/s1. The van der Waals surface area contributed by atoms with Crippen molar-refractivity contribution in [2.24, 2.45) is 5.16 Å². The van der Waals surface area contributed by atoms with Gasteiger partial charge >= 0.3 is 0 Å². The van der Waals surface area contributed by atoms with Gasteiger partial charge in [0.1, 0.15) is 0 Å². The van der Waals surface area contributed by atoms with Gasteiger partial charge in [-0.05, 0) is 19.8 Å². The number of ether oxygens (including phenoxy) is 1. The molecule has 2 aliphatic heterocycles. The summed E-state index contributed by atoms with van der Waals surface area (Å²) in [4.78, 5) is 20.0. The molecule has 6 nitrogen and oxygen atoms in total. The molecule has 1 aliphatic carbocycles. The molecule has 0 aromatic rings. The fourth-order valence-electron chi connectivity index (χ4n) is 3.85. The van der Waals surface area contributed by atoms with E-state index < -0.39 is 6.10 Å². The number of nitrogens with one attached hydrogen (secondary N) is 1. The first-order chi connectivity index (χ1) is 10.7. The Bertz CT molecular complexity index is 426. The quantitative estimate of drug-likeness (QED) is 0.850. The molecule has 0 unspecified atom stereocenters. The minimum Gasteiger partial charge on any atom is -0.382 e. The van der Waals surface area contributed by atoms with Crippen molar-refractivity contribution >= 4 is 11.6 Å². The van der Waals surface area contributed by atoms with Crippen LogP contribution in [0, 0.1) is 0 Å². The normalized spacial score (nSPS) is 28.8. The van der Waals surface area contributed by atoms with Crippen LogP contribution < -0.4 is 5.32 Å². The van der Waals surface area contributed by atoms with E-state index >= 15 is 0 Å². The predicted molar refractivity (Wildman–Crippen MR) is 83.8 cm³/mol. The molecule has 3 rings (SSSR count). The number of hydrogen-bond acceptors (Lipinski definition) is 5. The van der Waals surface area contributed by atoms with E-state index in [0.29, 0.717) is 13.0 Å². The molecule has 1 N–H and O–H groups in total. The molecule has 0 aromatic heterocycles. The van der Waals surface area contributed by atoms with Crippen molar-refractivity contribution in [3.05, 3.63) is 0 Å². The first-order valence-corrected chi connectivity index (χ1v) is 8.49. The van der Waals surface area contributed by atoms with Gasteiger partial charge in [0, 0.05) is 31.6 Å². The number of amides is 1. The molecule has 0 radical (unpaired) electrons. The van der Waals surface area contributed by atoms with E-state index in [1.54, 1.807) is 0 Å². The lowest BCUT2D eigenvalue weighted by atomic mass is 9.79. The molecule has 1 amide bonds. The second-order valence-corrected chi connectivity index (χ2v) is 6.73. The summed E-state index contributed by atoms with van der Waals surface area (Å²) in [5.41, 5.74) is 0.993. The highest BCUT2D eigenvalue weighted by Crippen LogP contribution is 2.34. The molecule has 0 bridgehead atoms. The van der Waals surface area contributed by atoms with E-state index in [2.05, 4.69) is 15.4 Å². The van der Waals surface area contributed by atoms with E-state index in [9.17, 15) is 4.79 Å². The number of rotatable bonds is 4. The molecule has 22 heavy (non-hydrogen) atoms. The second-order valence-electron chi connectivity index (χ2n) is 6.73. The minimum atomic E-state index is -0.440. The van der Waals surface area contributed by atoms with Gasteiger partial charge in [0.25, 0.3) is 5.91 Å². The largest absolute Gasteiger partial charge is 0.382 e. The van der Waals surface area contributed by atoms with Gasteiger partial charge in [-0.25, -0.2) is 0 Å². The van der Waals surface area contributed by atoms with E-state index in [1.807, 2.05) is 6.92 Å². The number of carbonyl (C=O) groups is 1. The maximum absolute atomic E-state index is 12.3. The van der Waals surface area contributed by atoms with Crippen LogP contribution in [-0.4, -0.2) is 61.0 Å². The van der Waals surface area contributed by atoms with Crippen molar-refractivity contribution < 1.29 is 14.4 Å². The van der Waals surface area contributed by atoms with Crippen LogP contribution in [-0.2, 0) is 14.4 Å². The summed E-state index contributed by atoms with van der Waals surface area (Å²) in [7, 11) is 0. The van der Waals surface area contributed by atoms with Gasteiger partial charge < -0.3 is 14.9 Å². The average Bonchev–Trinajstić information content (AvgIpc) is 3.01. The van der Waals surface area contributed by atoms with Gasteiger partial charge in [0.05, 0.1) is 18.9 Å². The van der Waals surface area contributed by atoms with Crippen LogP contribution in [0.25, 0.3) is 0 Å². The van der Waals surface area contributed by atoms with Gasteiger partial charge in [-0.15, -0.1) is 0 Å². The molecular formula is C16H27N3O3. The van der Waals surface area contributed by atoms with Gasteiger partial charge in [0.15, 0.2) is 0 Å². The zero-order valence-electron chi connectivity index (χ0n) is 13.5. The molecule has 1 saturated carbocycles. The SMILES string of the molecule is CC1=NO[C@@H](C(=O)NCC2(N3CCOCC3)CCCCC2)C1. The molecule has 0 aromatic carbocycles. The number of hydrogen-bond donors (Lipinski definition) is 1. The van der Waals surface area contributed by atoms with Crippen molar-refractivity contribution in [2.45, 2.75) is 57.1 Å². The molecule has 1 saturated heterocycles. The van der Waals surface area contributed by atoms with Gasteiger partial charge in [-0.1, -0.05) is 24.4 Å². The van der Waals surface area contributed by atoms with Crippen molar-refractivity contribution in [2.75, 3.05) is 32.8 Å². The minimum absolute atomic E-state index is 0.0289. The average molecular weight is 309 g/mol. The second kappa shape index (κ2) is 6.96. The van der Waals surface area contributed by atoms with Crippen LogP contribution in [0.2, 0.25) is 0 Å². The summed E-state index contributed by atoms with van der Waals surface area (Å²) in [5.74, 6) is -0.0289. The summed E-state index contributed by atoms with van der Waals surface area (Å²) in [6, 6.07) is 0. The third-order valence-corrected chi connectivity index (χ3v) is 5.17. The monoisotopic (exact) mass is 309 g/mol. The Morgan fingerprint density at radius 1 is 1.32 bits per heavy atom. The highest BCUT2D eigenvalue weighted by Gasteiger charge is 2.39. The van der Waals surface area contributed by atoms with Gasteiger partial charge in [0.2, 0.25) is 6.10 Å². The summed E-state index contributed by atoms with van der Waals surface area (Å²) in [6.45, 7) is 6.15. The number of oxime groups is 1. The van der Waals surface area contributed by atoms with E-state index in [0.717, 1.165) is 44.9 Å². The maximum Gasteiger partial charge on any atom is 0.264 e. The fourth-order valence-corrected chi connectivity index (χ4v) is 3.85. The Kier molecular flexibility index (Phi) is 4.98. The summed E-state index contributed by atoms with van der Waals surface area (Å²) < 4.78 is 5.49. The van der Waals surface area contributed by atoms with Crippen LogP contribution >= 0.6 is 0 Å². The Morgan fingerprint density at radius 2 is 2.05 bits per heavy atom. The molecule has 124 valence electrons. The Balaban J connectivity index is 1.59. The number of carbonyl (C=O) groups excluding carboxylic acids is 1. The van der Waals surface area contributed by atoms with E-state index in [-0.39, 0.29) is 11.4 Å². The molecular weight excluding hydrogens is 282 g/mol. The number of morpholine rings is 1. The first kappa shape index (κ1) is 15.7. The molecule has 0 spiro atoms. The van der Waals surface area contributed by atoms with Crippen LogP contribution in [0.5, 0.6) is 0 Å². The summed E-state index contributed by atoms with van der Waals surface area (Å²) in [6.07, 6.45) is 6.29. The molecule has 2 fully saturated rings. The van der Waals surface area contributed by atoms with Crippen LogP contribution in [0.4, 0.5) is 0 Å². The smallest absolute Gasteiger partial charge is 0.264 e. The number of nitrogens with zero attached hydrogens (tertiary/aromatic N) is 2. The molecule has 3 aliphatic rings. The highest BCUT2D eigenvalue weighted by molar-refractivity contribution is 5.91. The lowest BCUT2D eigenvalue weighted by Crippen LogP contribution is -2.60. The maximum atomic E-state index is 12.3. The first-order valence-electron chi connectivity index (χ1n) is 8.49. The lowest BCUT2D eigenvalue weighted by Gasteiger charge is -2.48. The zero-order chi connectivity index (χ0) is 15.4. The molecule has 2 heterocycles. The topological polar surface area (TPSA) is 63.2 Å². The van der Waals surface area contributed by atoms with Crippen molar-refractivity contribution in [1.29, 1.82) is 0 Å². The van der Waals surface area contributed by atoms with Crippen LogP contribution in [0.3, 0.4) is 0 Å². The van der Waals surface area contributed by atoms with Crippen molar-refractivity contribution in [1.82, 2.24) is 10.2 Å². The summed E-state index contributed by atoms with van der Waals surface area (Å²) in [5, 5.41) is 7.00. The van der Waals surface area contributed by atoms with Gasteiger partial charge in [-0.3, -0.25) is 9.69 Å². The third kappa shape index (κ3) is 3.43. The zero-order valence-corrected chi connectivity index (χ0v) is 13.5. The lowest BCUT2D eigenvalue weighted by molar-refractivity contribution is -0.132. The fraction of sp³-hybridized carbons (Fsp3) is 0.875. The summed E-state index contributed by atoms with van der Waals surface area (Å²) >= 11 is 0. The Hall–Kier alpha value is -1.14. The van der Waals surface area contributed by atoms with E-state index in [1.165, 1.54) is 19.3 Å². The third-order valence-electron chi connectivity index (χ3n) is 5.17. The predicted octanol–water partition coefficient (Wildman–Crippen LogP) is 1.30. The van der Waals surface area contributed by atoms with Gasteiger partial charge in [-0.2, -0.15) is 0 Å².